The minimum atomic E-state index is -1.08. The fourth-order valence-corrected chi connectivity index (χ4v) is 2.30. The Morgan fingerprint density at radius 1 is 0.905 bits per heavy atom. The zero-order chi connectivity index (χ0) is 16.1. The number of carbonyl (C=O) groups is 2. The minimum absolute atomic E-state index is 0.000833. The second kappa shape index (κ2) is 12.1. The Morgan fingerprint density at radius 2 is 1.29 bits per heavy atom. The van der Waals surface area contributed by atoms with Crippen LogP contribution >= 0.6 is 0 Å². The zero-order valence-electron chi connectivity index (χ0n) is 11.8. The molecule has 0 heterocycles. The first-order chi connectivity index (χ1) is 9.91. The molecule has 105 valence electrons. The SMILES string of the molecule is CC(=O)[O-].O=C([O-])Cc1ccccc1.[Hg+2][c]1ccccc1. The van der Waals surface area contributed by atoms with E-state index in [9.17, 15) is 9.90 Å². The van der Waals surface area contributed by atoms with Crippen molar-refractivity contribution in [3.63, 3.8) is 0 Å². The predicted octanol–water partition coefficient (Wildman–Crippen LogP) is -0.406. The summed E-state index contributed by atoms with van der Waals surface area (Å²) in [5.74, 6) is -2.12. The van der Waals surface area contributed by atoms with Gasteiger partial charge in [0.15, 0.2) is 0 Å². The molecule has 0 saturated heterocycles. The summed E-state index contributed by atoms with van der Waals surface area (Å²) in [6, 6.07) is 19.5. The van der Waals surface area contributed by atoms with Gasteiger partial charge in [-0.15, -0.1) is 0 Å². The first-order valence-electron chi connectivity index (χ1n) is 6.20. The van der Waals surface area contributed by atoms with Gasteiger partial charge in [-0.25, -0.2) is 0 Å². The molecule has 0 spiro atoms. The summed E-state index contributed by atoms with van der Waals surface area (Å²) in [5.41, 5.74) is 0.780. The van der Waals surface area contributed by atoms with Gasteiger partial charge in [0, 0.05) is 18.4 Å². The van der Waals surface area contributed by atoms with Crippen molar-refractivity contribution in [3.05, 3.63) is 66.2 Å². The van der Waals surface area contributed by atoms with Gasteiger partial charge >= 0.3 is 59.5 Å². The molecule has 0 fully saturated rings. The summed E-state index contributed by atoms with van der Waals surface area (Å²) in [4.78, 5) is 18.9. The van der Waals surface area contributed by atoms with E-state index in [0.717, 1.165) is 38.6 Å². The average Bonchev–Trinajstić information content (AvgIpc) is 2.40. The molecule has 0 aliphatic rings. The molecule has 0 atom stereocenters. The Balaban J connectivity index is 0.000000317. The predicted molar refractivity (Wildman–Crippen MR) is 71.9 cm³/mol. The Morgan fingerprint density at radius 3 is 1.57 bits per heavy atom. The van der Waals surface area contributed by atoms with Crippen LogP contribution in [0.15, 0.2) is 60.7 Å². The van der Waals surface area contributed by atoms with Crippen LogP contribution in [0.25, 0.3) is 0 Å². The van der Waals surface area contributed by atoms with Crippen LogP contribution in [-0.4, -0.2) is 11.9 Å². The van der Waals surface area contributed by atoms with E-state index in [1.807, 2.05) is 6.07 Å². The number of hydrogen-bond donors (Lipinski definition) is 0. The molecule has 2 rings (SSSR count). The number of rotatable bonds is 2. The van der Waals surface area contributed by atoms with E-state index in [4.69, 9.17) is 9.90 Å². The van der Waals surface area contributed by atoms with Crippen LogP contribution < -0.4 is 13.3 Å². The number of carbonyl (C=O) groups excluding carboxylic acids is 2. The molecule has 21 heavy (non-hydrogen) atoms. The van der Waals surface area contributed by atoms with Gasteiger partial charge in [0.1, 0.15) is 0 Å². The van der Waals surface area contributed by atoms with Crippen molar-refractivity contribution in [1.82, 2.24) is 0 Å². The number of hydrogen-bond acceptors (Lipinski definition) is 4. The summed E-state index contributed by atoms with van der Waals surface area (Å²) in [7, 11) is 0. The van der Waals surface area contributed by atoms with E-state index >= 15 is 0 Å². The third-order valence-corrected chi connectivity index (χ3v) is 3.87. The Bertz CT molecular complexity index is 522. The third-order valence-electron chi connectivity index (χ3n) is 2.03. The molecule has 0 aliphatic heterocycles. The van der Waals surface area contributed by atoms with Crippen LogP contribution in [0.4, 0.5) is 0 Å². The summed E-state index contributed by atoms with van der Waals surface area (Å²) in [6.45, 7) is 0.972. The maximum absolute atomic E-state index is 10.1. The van der Waals surface area contributed by atoms with Crippen LogP contribution in [0.2, 0.25) is 0 Å². The van der Waals surface area contributed by atoms with Crippen LogP contribution in [0, 0.1) is 0 Å². The summed E-state index contributed by atoms with van der Waals surface area (Å²) in [6.07, 6.45) is 0.000833. The van der Waals surface area contributed by atoms with Crippen LogP contribution in [0.5, 0.6) is 0 Å². The first kappa shape index (κ1) is 19.3. The Labute approximate surface area is 140 Å². The van der Waals surface area contributed by atoms with Gasteiger partial charge in [-0.05, 0) is 12.5 Å². The molecule has 2 aromatic carbocycles. The topological polar surface area (TPSA) is 80.3 Å². The van der Waals surface area contributed by atoms with Gasteiger partial charge in [-0.2, -0.15) is 0 Å². The van der Waals surface area contributed by atoms with Gasteiger partial charge in [-0.3, -0.25) is 0 Å². The number of benzene rings is 2. The number of carboxylic acids is 2. The fraction of sp³-hybridized carbons (Fsp3) is 0.125. The standard InChI is InChI=1S/C8H8O2.C6H5.C2H4O2.Hg/c9-8(10)6-7-4-2-1-3-5-7;1-2-4-6-5-3-1;1-2(3)4;/h1-5H,6H2,(H,9,10);1-5H;1H3,(H,3,4);/q;;;+2/p-2. The van der Waals surface area contributed by atoms with Crippen molar-refractivity contribution in [2.75, 3.05) is 0 Å². The second-order valence-corrected chi connectivity index (χ2v) is 7.19. The quantitative estimate of drug-likeness (QED) is 0.558. The average molecular weight is 472 g/mol. The van der Waals surface area contributed by atoms with E-state index in [1.165, 1.54) is 3.07 Å². The summed E-state index contributed by atoms with van der Waals surface area (Å²) >= 11 is 0.810. The van der Waals surface area contributed by atoms with Crippen LogP contribution in [0.3, 0.4) is 0 Å². The molecular weight excluding hydrogens is 457 g/mol. The van der Waals surface area contributed by atoms with E-state index in [-0.39, 0.29) is 6.42 Å². The van der Waals surface area contributed by atoms with Gasteiger partial charge < -0.3 is 19.8 Å². The molecule has 0 bridgehead atoms. The molecule has 2 aromatic rings. The summed E-state index contributed by atoms with van der Waals surface area (Å²) in [5, 5.41) is 18.9. The van der Waals surface area contributed by atoms with Crippen molar-refractivity contribution in [2.24, 2.45) is 0 Å². The molecule has 0 saturated carbocycles. The fourth-order valence-electron chi connectivity index (χ4n) is 1.24. The molecule has 0 N–H and O–H groups in total. The van der Waals surface area contributed by atoms with Crippen LogP contribution in [0.1, 0.15) is 12.5 Å². The van der Waals surface area contributed by atoms with Crippen molar-refractivity contribution < 1.29 is 45.9 Å². The van der Waals surface area contributed by atoms with Gasteiger partial charge in [0.2, 0.25) is 0 Å². The Hall–Kier alpha value is -1.68. The maximum atomic E-state index is 10.1. The van der Waals surface area contributed by atoms with Crippen LogP contribution in [-0.2, 0) is 42.1 Å². The van der Waals surface area contributed by atoms with Crippen molar-refractivity contribution in [3.8, 4) is 0 Å². The summed E-state index contributed by atoms with van der Waals surface area (Å²) < 4.78 is 1.52. The van der Waals surface area contributed by atoms with Gasteiger partial charge in [0.25, 0.3) is 0 Å². The zero-order valence-corrected chi connectivity index (χ0v) is 17.3. The van der Waals surface area contributed by atoms with Crippen molar-refractivity contribution in [1.29, 1.82) is 0 Å². The van der Waals surface area contributed by atoms with E-state index < -0.39 is 11.9 Å². The molecule has 0 unspecified atom stereocenters. The van der Waals surface area contributed by atoms with Gasteiger partial charge in [-0.1, -0.05) is 30.3 Å². The Kier molecular flexibility index (Phi) is 11.1. The van der Waals surface area contributed by atoms with E-state index in [2.05, 4.69) is 30.3 Å². The van der Waals surface area contributed by atoms with Gasteiger partial charge in [0.05, 0.1) is 0 Å². The molecule has 0 amide bonds. The molecule has 4 nitrogen and oxygen atoms in total. The molecule has 0 aliphatic carbocycles. The second-order valence-electron chi connectivity index (χ2n) is 4.01. The third kappa shape index (κ3) is 14.5. The van der Waals surface area contributed by atoms with E-state index in [1.54, 1.807) is 24.3 Å². The molecule has 0 aromatic heterocycles. The van der Waals surface area contributed by atoms with Crippen molar-refractivity contribution >= 4 is 15.0 Å². The van der Waals surface area contributed by atoms with E-state index in [0.29, 0.717) is 0 Å². The molecule has 0 radical (unpaired) electrons. The monoisotopic (exact) mass is 473 g/mol. The number of aliphatic carboxylic acids is 2. The normalized spacial score (nSPS) is 8.52. The molecule has 5 heteroatoms. The molecular formula is C16H15HgO4. The van der Waals surface area contributed by atoms with Crippen molar-refractivity contribution in [2.45, 2.75) is 13.3 Å². The first-order valence-corrected chi connectivity index (χ1v) is 8.95. The number of carboxylic acid groups (broad SMARTS) is 2.